The number of carbonyl (C=O) groups is 1. The van der Waals surface area contributed by atoms with Crippen LogP contribution in [0, 0.1) is 13.8 Å². The van der Waals surface area contributed by atoms with Crippen LogP contribution in [0.5, 0.6) is 0 Å². The van der Waals surface area contributed by atoms with Gasteiger partial charge in [-0.05, 0) is 43.5 Å². The Morgan fingerprint density at radius 1 is 1.23 bits per heavy atom. The minimum Gasteiger partial charge on any atom is -0.349 e. The molecule has 0 aliphatic rings. The van der Waals surface area contributed by atoms with Crippen molar-refractivity contribution < 1.29 is 4.79 Å². The Hall–Kier alpha value is -1.76. The maximum Gasteiger partial charge on any atom is 0.230 e. The molecular formula is C18H18Cl2N4OS. The first-order valence-corrected chi connectivity index (χ1v) is 9.78. The lowest BCUT2D eigenvalue weighted by Gasteiger charge is -2.15. The van der Waals surface area contributed by atoms with Gasteiger partial charge in [-0.15, -0.1) is 10.2 Å². The topological polar surface area (TPSA) is 59.3 Å². The van der Waals surface area contributed by atoms with E-state index in [4.69, 9.17) is 23.2 Å². The van der Waals surface area contributed by atoms with Crippen molar-refractivity contribution in [3.8, 4) is 0 Å². The summed E-state index contributed by atoms with van der Waals surface area (Å²) in [7, 11) is 0. The Bertz CT molecular complexity index is 973. The Kier molecular flexibility index (Phi) is 5.75. The molecule has 0 unspecified atom stereocenters. The number of aromatic nitrogens is 3. The van der Waals surface area contributed by atoms with E-state index >= 15 is 0 Å². The summed E-state index contributed by atoms with van der Waals surface area (Å²) in [5.74, 6) is 0.144. The van der Waals surface area contributed by atoms with E-state index in [-0.39, 0.29) is 17.7 Å². The van der Waals surface area contributed by atoms with E-state index in [0.29, 0.717) is 20.8 Å². The zero-order chi connectivity index (χ0) is 18.8. The highest BCUT2D eigenvalue weighted by atomic mass is 35.5. The molecule has 0 radical (unpaired) electrons. The van der Waals surface area contributed by atoms with Crippen LogP contribution in [0.15, 0.2) is 35.6 Å². The number of halogens is 2. The quantitative estimate of drug-likeness (QED) is 0.625. The number of hydrogen-bond acceptors (Lipinski definition) is 4. The minimum atomic E-state index is -0.0781. The standard InChI is InChI=1S/C18H18Cl2N4OS/c1-10-4-5-13(6-11(10)2)12(3)21-16(25)9-26-18-23-22-17-15(20)7-14(19)8-24(17)18/h4-8,12H,9H2,1-3H3,(H,21,25)/t12-/m0/s1. The second-order valence-corrected chi connectivity index (χ2v) is 7.89. The molecule has 0 saturated carbocycles. The van der Waals surface area contributed by atoms with Gasteiger partial charge in [0.15, 0.2) is 10.8 Å². The Labute approximate surface area is 166 Å². The van der Waals surface area contributed by atoms with E-state index < -0.39 is 0 Å². The van der Waals surface area contributed by atoms with Crippen LogP contribution in [-0.4, -0.2) is 26.3 Å². The van der Waals surface area contributed by atoms with Crippen LogP contribution in [0.3, 0.4) is 0 Å². The third kappa shape index (κ3) is 4.14. The van der Waals surface area contributed by atoms with Gasteiger partial charge in [-0.2, -0.15) is 0 Å². The smallest absolute Gasteiger partial charge is 0.230 e. The SMILES string of the molecule is Cc1ccc([C@H](C)NC(=O)CSc2nnc3c(Cl)cc(Cl)cn23)cc1C. The molecule has 0 spiro atoms. The van der Waals surface area contributed by atoms with Crippen LogP contribution in [0.4, 0.5) is 0 Å². The highest BCUT2D eigenvalue weighted by Crippen LogP contribution is 2.25. The molecule has 26 heavy (non-hydrogen) atoms. The van der Waals surface area contributed by atoms with Crippen LogP contribution < -0.4 is 5.32 Å². The number of pyridine rings is 1. The Morgan fingerprint density at radius 3 is 2.73 bits per heavy atom. The van der Waals surface area contributed by atoms with Gasteiger partial charge in [-0.1, -0.05) is 53.2 Å². The molecule has 0 aliphatic carbocycles. The monoisotopic (exact) mass is 408 g/mol. The van der Waals surface area contributed by atoms with Crippen LogP contribution in [0.2, 0.25) is 10.0 Å². The van der Waals surface area contributed by atoms with Gasteiger partial charge < -0.3 is 5.32 Å². The molecule has 0 bridgehead atoms. The van der Waals surface area contributed by atoms with Crippen molar-refractivity contribution in [3.05, 3.63) is 57.2 Å². The van der Waals surface area contributed by atoms with Crippen LogP contribution in [0.1, 0.15) is 29.7 Å². The van der Waals surface area contributed by atoms with Crippen molar-refractivity contribution in [3.63, 3.8) is 0 Å². The average molecular weight is 409 g/mol. The number of benzene rings is 1. The molecule has 136 valence electrons. The molecule has 0 saturated heterocycles. The number of aryl methyl sites for hydroxylation is 2. The van der Waals surface area contributed by atoms with E-state index in [1.165, 1.54) is 22.9 Å². The van der Waals surface area contributed by atoms with Crippen molar-refractivity contribution in [2.75, 3.05) is 5.75 Å². The van der Waals surface area contributed by atoms with Crippen molar-refractivity contribution in [2.45, 2.75) is 32.0 Å². The lowest BCUT2D eigenvalue weighted by atomic mass is 10.0. The molecule has 8 heteroatoms. The first-order chi connectivity index (χ1) is 12.3. The summed E-state index contributed by atoms with van der Waals surface area (Å²) >= 11 is 13.4. The molecule has 1 amide bonds. The fourth-order valence-electron chi connectivity index (χ4n) is 2.53. The first-order valence-electron chi connectivity index (χ1n) is 8.04. The normalized spacial score (nSPS) is 12.3. The average Bonchev–Trinajstić information content (AvgIpc) is 2.98. The van der Waals surface area contributed by atoms with Gasteiger partial charge in [0, 0.05) is 6.20 Å². The van der Waals surface area contributed by atoms with Gasteiger partial charge in [0.05, 0.1) is 21.8 Å². The number of carbonyl (C=O) groups excluding carboxylic acids is 1. The number of amides is 1. The van der Waals surface area contributed by atoms with E-state index in [2.05, 4.69) is 41.5 Å². The van der Waals surface area contributed by atoms with Gasteiger partial charge in [-0.3, -0.25) is 9.20 Å². The third-order valence-electron chi connectivity index (χ3n) is 4.14. The molecular weight excluding hydrogens is 391 g/mol. The van der Waals surface area contributed by atoms with Crippen molar-refractivity contribution in [1.29, 1.82) is 0 Å². The van der Waals surface area contributed by atoms with Crippen LogP contribution in [0.25, 0.3) is 5.65 Å². The highest BCUT2D eigenvalue weighted by molar-refractivity contribution is 7.99. The van der Waals surface area contributed by atoms with Gasteiger partial charge in [0.1, 0.15) is 0 Å². The predicted molar refractivity (Wildman–Crippen MR) is 106 cm³/mol. The summed E-state index contributed by atoms with van der Waals surface area (Å²) in [5, 5.41) is 12.6. The van der Waals surface area contributed by atoms with E-state index in [1.54, 1.807) is 16.7 Å². The van der Waals surface area contributed by atoms with Crippen molar-refractivity contribution in [2.24, 2.45) is 0 Å². The van der Waals surface area contributed by atoms with E-state index in [9.17, 15) is 4.79 Å². The van der Waals surface area contributed by atoms with Gasteiger partial charge in [0.25, 0.3) is 0 Å². The fourth-order valence-corrected chi connectivity index (χ4v) is 3.76. The maximum atomic E-state index is 12.3. The number of nitrogens with one attached hydrogen (secondary N) is 1. The second kappa shape index (κ2) is 7.86. The molecule has 1 aromatic carbocycles. The molecule has 0 fully saturated rings. The summed E-state index contributed by atoms with van der Waals surface area (Å²) in [4.78, 5) is 12.3. The molecule has 1 atom stereocenters. The zero-order valence-corrected chi connectivity index (χ0v) is 16.9. The zero-order valence-electron chi connectivity index (χ0n) is 14.6. The number of rotatable bonds is 5. The summed E-state index contributed by atoms with van der Waals surface area (Å²) in [5.41, 5.74) is 4.04. The molecule has 1 N–H and O–H groups in total. The Balaban J connectivity index is 1.65. The second-order valence-electron chi connectivity index (χ2n) is 6.10. The van der Waals surface area contributed by atoms with E-state index in [1.807, 2.05) is 13.0 Å². The lowest BCUT2D eigenvalue weighted by Crippen LogP contribution is -2.28. The third-order valence-corrected chi connectivity index (χ3v) is 5.56. The molecule has 0 aliphatic heterocycles. The molecule has 3 aromatic rings. The highest BCUT2D eigenvalue weighted by Gasteiger charge is 2.14. The lowest BCUT2D eigenvalue weighted by molar-refractivity contribution is -0.119. The summed E-state index contributed by atoms with van der Waals surface area (Å²) in [6, 6.07) is 7.75. The molecule has 2 heterocycles. The van der Waals surface area contributed by atoms with Gasteiger partial charge in [0.2, 0.25) is 5.91 Å². The van der Waals surface area contributed by atoms with Gasteiger partial charge in [-0.25, -0.2) is 0 Å². The summed E-state index contributed by atoms with van der Waals surface area (Å²) in [6.07, 6.45) is 1.68. The summed E-state index contributed by atoms with van der Waals surface area (Å²) < 4.78 is 1.69. The molecule has 5 nitrogen and oxygen atoms in total. The van der Waals surface area contributed by atoms with Crippen LogP contribution in [-0.2, 0) is 4.79 Å². The Morgan fingerprint density at radius 2 is 2.00 bits per heavy atom. The number of thioether (sulfide) groups is 1. The number of nitrogens with zero attached hydrogens (tertiary/aromatic N) is 3. The number of fused-ring (bicyclic) bond motifs is 1. The molecule has 2 aromatic heterocycles. The van der Waals surface area contributed by atoms with Crippen molar-refractivity contribution >= 4 is 46.5 Å². The maximum absolute atomic E-state index is 12.3. The predicted octanol–water partition coefficient (Wildman–Crippen LogP) is 4.62. The van der Waals surface area contributed by atoms with Crippen molar-refractivity contribution in [1.82, 2.24) is 19.9 Å². The fraction of sp³-hybridized carbons (Fsp3) is 0.278. The van der Waals surface area contributed by atoms with Crippen LogP contribution >= 0.6 is 35.0 Å². The van der Waals surface area contributed by atoms with Gasteiger partial charge >= 0.3 is 0 Å². The largest absolute Gasteiger partial charge is 0.349 e. The minimum absolute atomic E-state index is 0.0681. The molecule has 3 rings (SSSR count). The first kappa shape index (κ1) is 19.0. The summed E-state index contributed by atoms with van der Waals surface area (Å²) in [6.45, 7) is 6.11. The van der Waals surface area contributed by atoms with E-state index in [0.717, 1.165) is 5.56 Å². The number of hydrogen-bond donors (Lipinski definition) is 1.